The summed E-state index contributed by atoms with van der Waals surface area (Å²) < 4.78 is 10.4. The van der Waals surface area contributed by atoms with Gasteiger partial charge in [-0.3, -0.25) is 4.79 Å². The molecule has 2 heterocycles. The molecular formula is C17H14ClN3O4. The van der Waals surface area contributed by atoms with Crippen molar-refractivity contribution >= 4 is 29.2 Å². The lowest BCUT2D eigenvalue weighted by Crippen LogP contribution is -2.45. The van der Waals surface area contributed by atoms with Crippen LogP contribution in [0.2, 0.25) is 5.02 Å². The van der Waals surface area contributed by atoms with Gasteiger partial charge in [-0.2, -0.15) is 5.26 Å². The average Bonchev–Trinajstić information content (AvgIpc) is 2.80. The molecule has 0 radical (unpaired) electrons. The van der Waals surface area contributed by atoms with Crippen molar-refractivity contribution in [2.45, 2.75) is 19.3 Å². The number of benzene rings is 1. The molecule has 1 amide bonds. The molecule has 2 aliphatic heterocycles. The minimum absolute atomic E-state index is 0.0707. The molecule has 1 spiro atoms. The highest BCUT2D eigenvalue weighted by atomic mass is 35.5. The number of nitrogens with two attached hydrogens (primary N) is 1. The molecule has 0 bridgehead atoms. The lowest BCUT2D eigenvalue weighted by Gasteiger charge is -2.33. The molecule has 1 aromatic carbocycles. The Bertz CT molecular complexity index is 913. The Kier molecular flexibility index (Phi) is 3.93. The minimum Gasteiger partial charge on any atom is -0.462 e. The van der Waals surface area contributed by atoms with Crippen LogP contribution in [0.25, 0.3) is 0 Å². The van der Waals surface area contributed by atoms with Gasteiger partial charge < -0.3 is 20.5 Å². The van der Waals surface area contributed by atoms with E-state index in [4.69, 9.17) is 26.8 Å². The molecule has 128 valence electrons. The fourth-order valence-electron chi connectivity index (χ4n) is 3.26. The highest BCUT2D eigenvalue weighted by molar-refractivity contribution is 6.31. The lowest BCUT2D eigenvalue weighted by molar-refractivity contribution is -0.140. The minimum atomic E-state index is -1.73. The van der Waals surface area contributed by atoms with Crippen LogP contribution in [-0.4, -0.2) is 18.5 Å². The summed E-state index contributed by atoms with van der Waals surface area (Å²) in [6.07, 6.45) is 0. The van der Waals surface area contributed by atoms with Gasteiger partial charge in [0.1, 0.15) is 23.0 Å². The van der Waals surface area contributed by atoms with Gasteiger partial charge in [-0.05, 0) is 26.0 Å². The molecular weight excluding hydrogens is 346 g/mol. The molecule has 0 aromatic heterocycles. The van der Waals surface area contributed by atoms with Crippen LogP contribution in [0.1, 0.15) is 19.4 Å². The maximum absolute atomic E-state index is 13.0. The molecule has 0 saturated carbocycles. The summed E-state index contributed by atoms with van der Waals surface area (Å²) in [5.41, 5.74) is 4.69. The fraction of sp³-hybridized carbons (Fsp3) is 0.235. The molecule has 3 rings (SSSR count). The third-order valence-electron chi connectivity index (χ3n) is 4.18. The van der Waals surface area contributed by atoms with Crippen molar-refractivity contribution in [1.82, 2.24) is 0 Å². The first kappa shape index (κ1) is 16.9. The van der Waals surface area contributed by atoms with Crippen molar-refractivity contribution in [3.63, 3.8) is 0 Å². The molecule has 0 saturated heterocycles. The zero-order valence-electron chi connectivity index (χ0n) is 13.5. The van der Waals surface area contributed by atoms with Crippen molar-refractivity contribution in [3.8, 4) is 6.07 Å². The van der Waals surface area contributed by atoms with Gasteiger partial charge in [0, 0.05) is 16.3 Å². The summed E-state index contributed by atoms with van der Waals surface area (Å²) in [5.74, 6) is -1.47. The van der Waals surface area contributed by atoms with E-state index >= 15 is 0 Å². The Morgan fingerprint density at radius 3 is 2.88 bits per heavy atom. The largest absolute Gasteiger partial charge is 0.462 e. The van der Waals surface area contributed by atoms with E-state index in [0.717, 1.165) is 0 Å². The van der Waals surface area contributed by atoms with Crippen LogP contribution in [0.3, 0.4) is 0 Å². The third-order valence-corrected chi connectivity index (χ3v) is 4.41. The van der Waals surface area contributed by atoms with Gasteiger partial charge in [0.25, 0.3) is 0 Å². The second-order valence-electron chi connectivity index (χ2n) is 5.50. The van der Waals surface area contributed by atoms with Crippen molar-refractivity contribution in [2.24, 2.45) is 5.73 Å². The first-order valence-electron chi connectivity index (χ1n) is 7.46. The first-order chi connectivity index (χ1) is 11.9. The first-order valence-corrected chi connectivity index (χ1v) is 7.83. The highest BCUT2D eigenvalue weighted by Crippen LogP contribution is 2.52. The Morgan fingerprint density at radius 1 is 1.52 bits per heavy atom. The monoisotopic (exact) mass is 359 g/mol. The second kappa shape index (κ2) is 5.83. The SMILES string of the molecule is CCOC(=O)C1=C(C)OC(N)=C(C#N)C12C(=O)Nc1cc(Cl)ccc12. The number of nitriles is 1. The number of allylic oxidation sites excluding steroid dienone is 1. The van der Waals surface area contributed by atoms with E-state index in [1.807, 2.05) is 6.07 Å². The van der Waals surface area contributed by atoms with Crippen molar-refractivity contribution in [2.75, 3.05) is 11.9 Å². The van der Waals surface area contributed by atoms with Gasteiger partial charge >= 0.3 is 5.97 Å². The quantitative estimate of drug-likeness (QED) is 0.781. The Balaban J connectivity index is 2.39. The highest BCUT2D eigenvalue weighted by Gasteiger charge is 2.59. The third kappa shape index (κ3) is 2.18. The number of ether oxygens (including phenoxy) is 2. The summed E-state index contributed by atoms with van der Waals surface area (Å²) in [7, 11) is 0. The van der Waals surface area contributed by atoms with E-state index in [2.05, 4.69) is 5.32 Å². The number of rotatable bonds is 2. The summed E-state index contributed by atoms with van der Waals surface area (Å²) >= 11 is 5.99. The number of carbonyl (C=O) groups excluding carboxylic acids is 2. The number of hydrogen-bond acceptors (Lipinski definition) is 6. The van der Waals surface area contributed by atoms with Gasteiger partial charge in [-0.15, -0.1) is 0 Å². The summed E-state index contributed by atoms with van der Waals surface area (Å²) in [6, 6.07) is 6.61. The van der Waals surface area contributed by atoms with Gasteiger partial charge in [-0.25, -0.2) is 4.79 Å². The van der Waals surface area contributed by atoms with Crippen molar-refractivity contribution in [1.29, 1.82) is 5.26 Å². The van der Waals surface area contributed by atoms with Gasteiger partial charge in [0.2, 0.25) is 11.8 Å². The lowest BCUT2D eigenvalue weighted by atomic mass is 9.68. The Hall–Kier alpha value is -2.98. The van der Waals surface area contributed by atoms with E-state index in [9.17, 15) is 14.9 Å². The van der Waals surface area contributed by atoms with E-state index in [-0.39, 0.29) is 29.4 Å². The topological polar surface area (TPSA) is 114 Å². The molecule has 25 heavy (non-hydrogen) atoms. The number of carbonyl (C=O) groups is 2. The van der Waals surface area contributed by atoms with Gasteiger partial charge in [0.05, 0.1) is 6.61 Å². The van der Waals surface area contributed by atoms with Crippen LogP contribution in [0, 0.1) is 11.3 Å². The number of fused-ring (bicyclic) bond motifs is 2. The maximum atomic E-state index is 13.0. The van der Waals surface area contributed by atoms with E-state index in [1.165, 1.54) is 6.92 Å². The number of halogens is 1. The van der Waals surface area contributed by atoms with Crippen LogP contribution in [0.15, 0.2) is 41.0 Å². The summed E-state index contributed by atoms with van der Waals surface area (Å²) in [5, 5.41) is 12.7. The second-order valence-corrected chi connectivity index (χ2v) is 5.94. The molecule has 3 N–H and O–H groups in total. The van der Waals surface area contributed by atoms with Gasteiger partial charge in [-0.1, -0.05) is 17.7 Å². The van der Waals surface area contributed by atoms with Crippen LogP contribution < -0.4 is 11.1 Å². The zero-order valence-corrected chi connectivity index (χ0v) is 14.2. The van der Waals surface area contributed by atoms with Crippen molar-refractivity contribution < 1.29 is 19.1 Å². The maximum Gasteiger partial charge on any atom is 0.339 e. The van der Waals surface area contributed by atoms with Crippen LogP contribution in [0.4, 0.5) is 5.69 Å². The van der Waals surface area contributed by atoms with Crippen LogP contribution in [-0.2, 0) is 24.5 Å². The number of nitrogens with one attached hydrogen (secondary N) is 1. The van der Waals surface area contributed by atoms with Gasteiger partial charge in [0.15, 0.2) is 5.41 Å². The Labute approximate surface area is 148 Å². The normalized spacial score (nSPS) is 21.6. The molecule has 7 nitrogen and oxygen atoms in total. The standard InChI is InChI=1S/C17H14ClN3O4/c1-3-24-15(22)13-8(2)25-14(20)11(7-19)17(13)10-5-4-9(18)6-12(10)21-16(17)23/h4-6H,3,20H2,1-2H3,(H,21,23). The molecule has 1 aromatic rings. The number of amides is 1. The predicted octanol–water partition coefficient (Wildman–Crippen LogP) is 2.09. The molecule has 1 atom stereocenters. The molecule has 1 unspecified atom stereocenters. The molecule has 0 aliphatic carbocycles. The molecule has 2 aliphatic rings. The number of hydrogen-bond donors (Lipinski definition) is 2. The number of esters is 1. The number of nitrogens with zero attached hydrogens (tertiary/aromatic N) is 1. The summed E-state index contributed by atoms with van der Waals surface area (Å²) in [4.78, 5) is 25.6. The smallest absolute Gasteiger partial charge is 0.339 e. The van der Waals surface area contributed by atoms with E-state index in [0.29, 0.717) is 16.3 Å². The average molecular weight is 360 g/mol. The zero-order chi connectivity index (χ0) is 18.4. The molecule has 0 fully saturated rings. The molecule has 8 heteroatoms. The Morgan fingerprint density at radius 2 is 2.24 bits per heavy atom. The predicted molar refractivity (Wildman–Crippen MR) is 89.0 cm³/mol. The van der Waals surface area contributed by atoms with E-state index < -0.39 is 17.3 Å². The van der Waals surface area contributed by atoms with E-state index in [1.54, 1.807) is 25.1 Å². The van der Waals surface area contributed by atoms with Crippen LogP contribution >= 0.6 is 11.6 Å². The summed E-state index contributed by atoms with van der Waals surface area (Å²) in [6.45, 7) is 3.24. The van der Waals surface area contributed by atoms with Crippen molar-refractivity contribution in [3.05, 3.63) is 51.6 Å². The fourth-order valence-corrected chi connectivity index (χ4v) is 3.43. The number of anilines is 1. The van der Waals surface area contributed by atoms with Crippen LogP contribution in [0.5, 0.6) is 0 Å².